The normalized spacial score (nSPS) is 11.4. The number of hydrogen-bond acceptors (Lipinski definition) is 6. The Morgan fingerprint density at radius 2 is 2.00 bits per heavy atom. The molecule has 1 aromatic carbocycles. The molecule has 0 aliphatic carbocycles. The number of nitrogens with zero attached hydrogens (tertiary/aromatic N) is 1. The quantitative estimate of drug-likeness (QED) is 0.673. The number of halogens is 1. The van der Waals surface area contributed by atoms with Gasteiger partial charge in [-0.05, 0) is 39.7 Å². The highest BCUT2D eigenvalue weighted by Gasteiger charge is 2.21. The van der Waals surface area contributed by atoms with Gasteiger partial charge >= 0.3 is 5.97 Å². The van der Waals surface area contributed by atoms with E-state index in [0.29, 0.717) is 10.0 Å². The Bertz CT molecular complexity index is 907. The molecule has 0 fully saturated rings. The van der Waals surface area contributed by atoms with Crippen molar-refractivity contribution in [1.29, 1.82) is 0 Å². The highest BCUT2D eigenvalue weighted by Crippen LogP contribution is 2.35. The fraction of sp³-hybridized carbons (Fsp3) is 0.267. The summed E-state index contributed by atoms with van der Waals surface area (Å²) in [5, 5.41) is 9.78. The Morgan fingerprint density at radius 1 is 1.32 bits per heavy atom. The highest BCUT2D eigenvalue weighted by atomic mass is 79.9. The van der Waals surface area contributed by atoms with Crippen LogP contribution in [0.1, 0.15) is 16.1 Å². The van der Waals surface area contributed by atoms with Crippen LogP contribution in [0.2, 0.25) is 0 Å². The number of phenolic OH excluding ortho intramolecular Hbond substituents is 1. The summed E-state index contributed by atoms with van der Waals surface area (Å²) in [6.45, 7) is -0.0278. The van der Waals surface area contributed by atoms with Gasteiger partial charge in [-0.1, -0.05) is 0 Å². The molecule has 1 heterocycles. The standard InChI is InChI=1S/C15H17BrN2O6S/c1-18-8-10(6-12(18)15(20)24-3)25(21,22)17-7-9-4-11(16)14(19)13(5-9)23-2/h4-6,8,17,19H,7H2,1-3H3. The van der Waals surface area contributed by atoms with Gasteiger partial charge in [0.15, 0.2) is 11.5 Å². The molecule has 2 N–H and O–H groups in total. The van der Waals surface area contributed by atoms with E-state index in [2.05, 4.69) is 25.4 Å². The van der Waals surface area contributed by atoms with Crippen LogP contribution in [0.5, 0.6) is 11.5 Å². The van der Waals surface area contributed by atoms with E-state index in [1.807, 2.05) is 0 Å². The van der Waals surface area contributed by atoms with Crippen molar-refractivity contribution in [2.24, 2.45) is 7.05 Å². The third-order valence-corrected chi connectivity index (χ3v) is 5.43. The summed E-state index contributed by atoms with van der Waals surface area (Å²) in [6.07, 6.45) is 1.32. The van der Waals surface area contributed by atoms with Gasteiger partial charge in [0.05, 0.1) is 18.7 Å². The SMILES string of the molecule is COC(=O)c1cc(S(=O)(=O)NCc2cc(Br)c(O)c(OC)c2)cn1C. The van der Waals surface area contributed by atoms with Crippen LogP contribution in [0, 0.1) is 0 Å². The number of rotatable bonds is 6. The van der Waals surface area contributed by atoms with Gasteiger partial charge in [0.1, 0.15) is 10.6 Å². The van der Waals surface area contributed by atoms with Crippen LogP contribution in [0.15, 0.2) is 33.8 Å². The number of phenols is 1. The van der Waals surface area contributed by atoms with E-state index < -0.39 is 16.0 Å². The molecular formula is C15H17BrN2O6S. The second-order valence-corrected chi connectivity index (χ2v) is 7.74. The molecule has 0 saturated heterocycles. The molecule has 10 heteroatoms. The molecule has 2 rings (SSSR count). The van der Waals surface area contributed by atoms with Gasteiger partial charge < -0.3 is 19.1 Å². The third kappa shape index (κ3) is 4.14. The summed E-state index contributed by atoms with van der Waals surface area (Å²) in [7, 11) is 0.324. The van der Waals surface area contributed by atoms with Crippen LogP contribution >= 0.6 is 15.9 Å². The van der Waals surface area contributed by atoms with Crippen molar-refractivity contribution in [2.45, 2.75) is 11.4 Å². The van der Waals surface area contributed by atoms with Crippen LogP contribution in [0.25, 0.3) is 0 Å². The van der Waals surface area contributed by atoms with E-state index in [4.69, 9.17) is 4.74 Å². The van der Waals surface area contributed by atoms with Crippen molar-refractivity contribution in [2.75, 3.05) is 14.2 Å². The van der Waals surface area contributed by atoms with E-state index >= 15 is 0 Å². The number of aryl methyl sites for hydroxylation is 1. The first-order valence-corrected chi connectivity index (χ1v) is 9.27. The molecule has 2 aromatic rings. The van der Waals surface area contributed by atoms with Crippen LogP contribution < -0.4 is 9.46 Å². The largest absolute Gasteiger partial charge is 0.503 e. The third-order valence-electron chi connectivity index (χ3n) is 3.46. The Kier molecular flexibility index (Phi) is 5.76. The summed E-state index contributed by atoms with van der Waals surface area (Å²) in [5.74, 6) is -0.479. The topological polar surface area (TPSA) is 107 Å². The molecule has 0 unspecified atom stereocenters. The molecule has 25 heavy (non-hydrogen) atoms. The summed E-state index contributed by atoms with van der Waals surface area (Å²) >= 11 is 3.18. The molecule has 0 aliphatic heterocycles. The first kappa shape index (κ1) is 19.3. The van der Waals surface area contributed by atoms with Crippen LogP contribution in [-0.2, 0) is 28.4 Å². The van der Waals surface area contributed by atoms with Gasteiger partial charge in [-0.2, -0.15) is 0 Å². The number of ether oxygens (including phenoxy) is 2. The summed E-state index contributed by atoms with van der Waals surface area (Å²) < 4.78 is 38.7. The molecule has 0 amide bonds. The van der Waals surface area contributed by atoms with Crippen LogP contribution in [0.3, 0.4) is 0 Å². The predicted molar refractivity (Wildman–Crippen MR) is 93.1 cm³/mol. The molecule has 1 aromatic heterocycles. The maximum absolute atomic E-state index is 12.4. The predicted octanol–water partition coefficient (Wildman–Crippen LogP) is 1.77. The minimum atomic E-state index is -3.84. The number of methoxy groups -OCH3 is 2. The van der Waals surface area contributed by atoms with Crippen LogP contribution in [0.4, 0.5) is 0 Å². The van der Waals surface area contributed by atoms with Crippen molar-refractivity contribution >= 4 is 31.9 Å². The average Bonchev–Trinajstić information content (AvgIpc) is 2.98. The molecule has 0 aliphatic rings. The second-order valence-electron chi connectivity index (χ2n) is 5.12. The van der Waals surface area contributed by atoms with Crippen molar-refractivity contribution in [3.63, 3.8) is 0 Å². The van der Waals surface area contributed by atoms with E-state index in [1.54, 1.807) is 13.1 Å². The van der Waals surface area contributed by atoms with Crippen molar-refractivity contribution in [1.82, 2.24) is 9.29 Å². The smallest absolute Gasteiger partial charge is 0.354 e. The molecule has 0 atom stereocenters. The number of carbonyl (C=O) groups excluding carboxylic acids is 1. The number of nitrogens with one attached hydrogen (secondary N) is 1. The number of aromatic hydroxyl groups is 1. The monoisotopic (exact) mass is 432 g/mol. The summed E-state index contributed by atoms with van der Waals surface area (Å²) in [6, 6.07) is 4.33. The van der Waals surface area contributed by atoms with Crippen molar-refractivity contribution in [3.05, 3.63) is 40.1 Å². The summed E-state index contributed by atoms with van der Waals surface area (Å²) in [4.78, 5) is 11.5. The van der Waals surface area contributed by atoms with Crippen molar-refractivity contribution < 1.29 is 27.8 Å². The zero-order chi connectivity index (χ0) is 18.8. The van der Waals surface area contributed by atoms with Gasteiger partial charge in [-0.25, -0.2) is 17.9 Å². The molecule has 136 valence electrons. The minimum Gasteiger partial charge on any atom is -0.503 e. The fourth-order valence-corrected chi connectivity index (χ4v) is 3.71. The van der Waals surface area contributed by atoms with Gasteiger partial charge in [-0.15, -0.1) is 0 Å². The number of carbonyl (C=O) groups is 1. The molecule has 0 saturated carbocycles. The van der Waals surface area contributed by atoms with E-state index in [1.165, 1.54) is 37.1 Å². The lowest BCUT2D eigenvalue weighted by molar-refractivity contribution is 0.0590. The molecule has 0 spiro atoms. The highest BCUT2D eigenvalue weighted by molar-refractivity contribution is 9.10. The summed E-state index contributed by atoms with van der Waals surface area (Å²) in [5.41, 5.74) is 0.700. The van der Waals surface area contributed by atoms with Crippen LogP contribution in [-0.4, -0.2) is 38.3 Å². The molecular weight excluding hydrogens is 416 g/mol. The first-order chi connectivity index (χ1) is 11.7. The lowest BCUT2D eigenvalue weighted by Gasteiger charge is -2.10. The average molecular weight is 433 g/mol. The lowest BCUT2D eigenvalue weighted by Crippen LogP contribution is -2.23. The molecule has 0 bridgehead atoms. The van der Waals surface area contributed by atoms with E-state index in [9.17, 15) is 18.3 Å². The Labute approximate surface area is 153 Å². The zero-order valence-corrected chi connectivity index (χ0v) is 16.1. The minimum absolute atomic E-state index is 0.0278. The van der Waals surface area contributed by atoms with E-state index in [0.717, 1.165) is 0 Å². The molecule has 0 radical (unpaired) electrons. The molecule has 8 nitrogen and oxygen atoms in total. The maximum Gasteiger partial charge on any atom is 0.354 e. The lowest BCUT2D eigenvalue weighted by atomic mass is 10.2. The Morgan fingerprint density at radius 3 is 2.60 bits per heavy atom. The Balaban J connectivity index is 2.23. The first-order valence-electron chi connectivity index (χ1n) is 6.99. The van der Waals surface area contributed by atoms with Gasteiger partial charge in [-0.3, -0.25) is 0 Å². The number of hydrogen-bond donors (Lipinski definition) is 2. The number of sulfonamides is 1. The van der Waals surface area contributed by atoms with Gasteiger partial charge in [0.2, 0.25) is 10.0 Å². The Hall–Kier alpha value is -2.04. The number of esters is 1. The van der Waals surface area contributed by atoms with Gasteiger partial charge in [0.25, 0.3) is 0 Å². The van der Waals surface area contributed by atoms with Gasteiger partial charge in [0, 0.05) is 19.8 Å². The zero-order valence-electron chi connectivity index (χ0n) is 13.7. The van der Waals surface area contributed by atoms with E-state index in [-0.39, 0.29) is 28.6 Å². The second kappa shape index (κ2) is 7.46. The van der Waals surface area contributed by atoms with Crippen molar-refractivity contribution in [3.8, 4) is 11.5 Å². The number of aromatic nitrogens is 1. The number of benzene rings is 1. The fourth-order valence-electron chi connectivity index (χ4n) is 2.14. The maximum atomic E-state index is 12.4.